The lowest BCUT2D eigenvalue weighted by Gasteiger charge is -2.25. The number of likely N-dealkylation sites (tertiary alicyclic amines) is 1. The highest BCUT2D eigenvalue weighted by atomic mass is 16.1. The summed E-state index contributed by atoms with van der Waals surface area (Å²) in [4.78, 5) is 12.4. The molecule has 1 fully saturated rings. The minimum atomic E-state index is 0.912. The Morgan fingerprint density at radius 1 is 1.55 bits per heavy atom. The second-order valence-corrected chi connectivity index (χ2v) is 2.86. The summed E-state index contributed by atoms with van der Waals surface area (Å²) in [7, 11) is 0. The summed E-state index contributed by atoms with van der Waals surface area (Å²) in [5.74, 6) is 0. The fourth-order valence-electron chi connectivity index (χ4n) is 1.45. The van der Waals surface area contributed by atoms with Gasteiger partial charge in [0.05, 0.1) is 0 Å². The summed E-state index contributed by atoms with van der Waals surface area (Å²) in [5, 5.41) is 0. The molecule has 0 aromatic heterocycles. The summed E-state index contributed by atoms with van der Waals surface area (Å²) in [5.41, 5.74) is 1.22. The maximum absolute atomic E-state index is 10.5. The zero-order chi connectivity index (χ0) is 8.10. The van der Waals surface area contributed by atoms with Gasteiger partial charge >= 0.3 is 0 Å². The standard InChI is InChI=1S/C9H15NO/c1-2-5-9-6-3-4-7-10(9)8-11/h5,8H,2-4,6-7H2,1H3. The monoisotopic (exact) mass is 153 g/mol. The molecule has 0 N–H and O–H groups in total. The lowest BCUT2D eigenvalue weighted by atomic mass is 10.1. The SMILES string of the molecule is CCC=C1CCCCN1C=O. The predicted octanol–water partition coefficient (Wildman–Crippen LogP) is 1.92. The minimum absolute atomic E-state index is 0.912. The molecule has 0 atom stereocenters. The molecule has 11 heavy (non-hydrogen) atoms. The van der Waals surface area contributed by atoms with Crippen LogP contribution in [0.15, 0.2) is 11.8 Å². The number of carbonyl (C=O) groups is 1. The summed E-state index contributed by atoms with van der Waals surface area (Å²) in [6.45, 7) is 3.01. The van der Waals surface area contributed by atoms with Crippen LogP contribution in [-0.4, -0.2) is 17.9 Å². The van der Waals surface area contributed by atoms with E-state index in [2.05, 4.69) is 13.0 Å². The third-order valence-corrected chi connectivity index (χ3v) is 2.02. The fourth-order valence-corrected chi connectivity index (χ4v) is 1.45. The van der Waals surface area contributed by atoms with E-state index >= 15 is 0 Å². The van der Waals surface area contributed by atoms with Crippen molar-refractivity contribution in [1.82, 2.24) is 4.90 Å². The molecule has 0 spiro atoms. The van der Waals surface area contributed by atoms with Crippen LogP contribution in [0.4, 0.5) is 0 Å². The van der Waals surface area contributed by atoms with Crippen molar-refractivity contribution < 1.29 is 4.79 Å². The number of allylic oxidation sites excluding steroid dienone is 2. The Balaban J connectivity index is 2.58. The Morgan fingerprint density at radius 2 is 2.36 bits per heavy atom. The van der Waals surface area contributed by atoms with E-state index in [9.17, 15) is 4.79 Å². The molecule has 0 aromatic carbocycles. The highest BCUT2D eigenvalue weighted by molar-refractivity contribution is 5.51. The number of carbonyl (C=O) groups excluding carboxylic acids is 1. The highest BCUT2D eigenvalue weighted by Crippen LogP contribution is 2.18. The predicted molar refractivity (Wildman–Crippen MR) is 45.0 cm³/mol. The molecule has 0 saturated carbocycles. The van der Waals surface area contributed by atoms with E-state index in [0.717, 1.165) is 32.2 Å². The van der Waals surface area contributed by atoms with Crippen molar-refractivity contribution in [2.75, 3.05) is 6.54 Å². The van der Waals surface area contributed by atoms with Gasteiger partial charge in [-0.15, -0.1) is 0 Å². The molecule has 0 unspecified atom stereocenters. The van der Waals surface area contributed by atoms with Crippen LogP contribution < -0.4 is 0 Å². The number of rotatable bonds is 2. The minimum Gasteiger partial charge on any atom is -0.319 e. The smallest absolute Gasteiger partial charge is 0.213 e. The van der Waals surface area contributed by atoms with Crippen LogP contribution in [0.2, 0.25) is 0 Å². The van der Waals surface area contributed by atoms with Crippen molar-refractivity contribution in [2.45, 2.75) is 32.6 Å². The van der Waals surface area contributed by atoms with Gasteiger partial charge in [-0.3, -0.25) is 4.79 Å². The Morgan fingerprint density at radius 3 is 3.00 bits per heavy atom. The maximum atomic E-state index is 10.5. The zero-order valence-electron chi connectivity index (χ0n) is 7.05. The Hall–Kier alpha value is -0.790. The van der Waals surface area contributed by atoms with Gasteiger partial charge in [0.15, 0.2) is 0 Å². The summed E-state index contributed by atoms with van der Waals surface area (Å²) in [6.07, 6.45) is 7.58. The van der Waals surface area contributed by atoms with E-state index < -0.39 is 0 Å². The van der Waals surface area contributed by atoms with Crippen molar-refractivity contribution in [2.24, 2.45) is 0 Å². The van der Waals surface area contributed by atoms with Crippen LogP contribution in [-0.2, 0) is 4.79 Å². The molecule has 0 radical (unpaired) electrons. The third kappa shape index (κ3) is 2.07. The Kier molecular flexibility index (Phi) is 3.14. The van der Waals surface area contributed by atoms with E-state index in [-0.39, 0.29) is 0 Å². The first-order valence-electron chi connectivity index (χ1n) is 4.29. The van der Waals surface area contributed by atoms with Gasteiger partial charge in [-0.05, 0) is 25.7 Å². The molecule has 0 bridgehead atoms. The molecule has 0 aliphatic carbocycles. The quantitative estimate of drug-likeness (QED) is 0.555. The van der Waals surface area contributed by atoms with Gasteiger partial charge in [-0.1, -0.05) is 13.0 Å². The van der Waals surface area contributed by atoms with E-state index in [0.29, 0.717) is 0 Å². The van der Waals surface area contributed by atoms with Crippen LogP contribution in [0.1, 0.15) is 32.6 Å². The average molecular weight is 153 g/mol. The van der Waals surface area contributed by atoms with Crippen molar-refractivity contribution >= 4 is 6.41 Å². The summed E-state index contributed by atoms with van der Waals surface area (Å²) in [6, 6.07) is 0. The number of amides is 1. The van der Waals surface area contributed by atoms with Crippen molar-refractivity contribution in [3.8, 4) is 0 Å². The van der Waals surface area contributed by atoms with Gasteiger partial charge in [-0.2, -0.15) is 0 Å². The number of hydrogen-bond donors (Lipinski definition) is 0. The molecule has 1 aliphatic heterocycles. The van der Waals surface area contributed by atoms with E-state index in [1.807, 2.05) is 4.90 Å². The lowest BCUT2D eigenvalue weighted by Crippen LogP contribution is -2.26. The van der Waals surface area contributed by atoms with Gasteiger partial charge < -0.3 is 4.90 Å². The van der Waals surface area contributed by atoms with Gasteiger partial charge in [0, 0.05) is 12.2 Å². The van der Waals surface area contributed by atoms with Gasteiger partial charge in [0.2, 0.25) is 6.41 Å². The third-order valence-electron chi connectivity index (χ3n) is 2.02. The zero-order valence-corrected chi connectivity index (χ0v) is 7.05. The molecule has 1 saturated heterocycles. The first kappa shape index (κ1) is 8.31. The van der Waals surface area contributed by atoms with Crippen LogP contribution in [0, 0.1) is 0 Å². The molecule has 2 heteroatoms. The second kappa shape index (κ2) is 4.16. The van der Waals surface area contributed by atoms with Crippen LogP contribution in [0.5, 0.6) is 0 Å². The van der Waals surface area contributed by atoms with Crippen molar-refractivity contribution in [3.63, 3.8) is 0 Å². The normalized spacial score (nSPS) is 22.3. The highest BCUT2D eigenvalue weighted by Gasteiger charge is 2.12. The molecule has 1 aliphatic rings. The Bertz CT molecular complexity index is 163. The molecular formula is C9H15NO. The number of piperidine rings is 1. The number of nitrogens with zero attached hydrogens (tertiary/aromatic N) is 1. The molecule has 1 rings (SSSR count). The van der Waals surface area contributed by atoms with Crippen molar-refractivity contribution in [1.29, 1.82) is 0 Å². The van der Waals surface area contributed by atoms with Crippen LogP contribution in [0.3, 0.4) is 0 Å². The average Bonchev–Trinajstić information content (AvgIpc) is 2.06. The van der Waals surface area contributed by atoms with Crippen molar-refractivity contribution in [3.05, 3.63) is 11.8 Å². The van der Waals surface area contributed by atoms with Gasteiger partial charge in [0.25, 0.3) is 0 Å². The molecule has 0 aromatic rings. The first-order chi connectivity index (χ1) is 5.38. The number of hydrogen-bond acceptors (Lipinski definition) is 1. The largest absolute Gasteiger partial charge is 0.319 e. The van der Waals surface area contributed by atoms with Gasteiger partial charge in [0.1, 0.15) is 0 Å². The fraction of sp³-hybridized carbons (Fsp3) is 0.667. The van der Waals surface area contributed by atoms with E-state index in [4.69, 9.17) is 0 Å². The van der Waals surface area contributed by atoms with E-state index in [1.54, 1.807) is 0 Å². The molecule has 2 nitrogen and oxygen atoms in total. The molecule has 1 heterocycles. The summed E-state index contributed by atoms with van der Waals surface area (Å²) >= 11 is 0. The molecule has 62 valence electrons. The topological polar surface area (TPSA) is 20.3 Å². The van der Waals surface area contributed by atoms with E-state index in [1.165, 1.54) is 12.1 Å². The molecular weight excluding hydrogens is 138 g/mol. The van der Waals surface area contributed by atoms with Crippen LogP contribution in [0.25, 0.3) is 0 Å². The lowest BCUT2D eigenvalue weighted by molar-refractivity contribution is -0.117. The maximum Gasteiger partial charge on any atom is 0.213 e. The van der Waals surface area contributed by atoms with Gasteiger partial charge in [-0.25, -0.2) is 0 Å². The summed E-state index contributed by atoms with van der Waals surface area (Å²) < 4.78 is 0. The second-order valence-electron chi connectivity index (χ2n) is 2.86. The van der Waals surface area contributed by atoms with Crippen LogP contribution >= 0.6 is 0 Å². The Labute approximate surface area is 67.9 Å². The first-order valence-corrected chi connectivity index (χ1v) is 4.29. The molecule has 1 amide bonds.